The van der Waals surface area contributed by atoms with Gasteiger partial charge in [0.15, 0.2) is 5.82 Å². The summed E-state index contributed by atoms with van der Waals surface area (Å²) in [5.74, 6) is -0.539. The molecule has 234 valence electrons. The predicted molar refractivity (Wildman–Crippen MR) is 172 cm³/mol. The quantitative estimate of drug-likeness (QED) is 0.151. The fourth-order valence-corrected chi connectivity index (χ4v) is 6.81. The lowest BCUT2D eigenvalue weighted by atomic mass is 9.96. The minimum Gasteiger partial charge on any atom is -0.463 e. The van der Waals surface area contributed by atoms with Gasteiger partial charge in [0.2, 0.25) is 0 Å². The monoisotopic (exact) mass is 623 g/mol. The first-order valence-electron chi connectivity index (χ1n) is 15.8. The van der Waals surface area contributed by atoms with Gasteiger partial charge in [-0.3, -0.25) is 4.90 Å². The second-order valence-electron chi connectivity index (χ2n) is 11.9. The summed E-state index contributed by atoms with van der Waals surface area (Å²) >= 11 is 6.76. The number of unbranched alkanes of at least 4 members (excludes halogenated alkanes) is 1. The molecule has 10 heteroatoms. The summed E-state index contributed by atoms with van der Waals surface area (Å²) in [6.07, 6.45) is 6.88. The molecule has 0 radical (unpaired) electrons. The number of rotatable bonds is 13. The predicted octanol–water partition coefficient (Wildman–Crippen LogP) is 7.33. The van der Waals surface area contributed by atoms with Crippen LogP contribution in [0.5, 0.6) is 6.01 Å². The van der Waals surface area contributed by atoms with E-state index in [9.17, 15) is 4.39 Å². The summed E-state index contributed by atoms with van der Waals surface area (Å²) in [5.41, 5.74) is 6.84. The Morgan fingerprint density at radius 2 is 1.89 bits per heavy atom. The van der Waals surface area contributed by atoms with E-state index in [1.165, 1.54) is 25.0 Å². The Balaban J connectivity index is 1.28. The highest BCUT2D eigenvalue weighted by atomic mass is 35.5. The molecule has 0 aliphatic carbocycles. The smallest absolute Gasteiger partial charge is 0.319 e. The van der Waals surface area contributed by atoms with Gasteiger partial charge in [-0.1, -0.05) is 49.2 Å². The molecule has 0 saturated carbocycles. The first kappa shape index (κ1) is 30.9. The van der Waals surface area contributed by atoms with Crippen molar-refractivity contribution in [2.24, 2.45) is 5.73 Å². The Morgan fingerprint density at radius 1 is 1.07 bits per heavy atom. The van der Waals surface area contributed by atoms with Gasteiger partial charge in [0.05, 0.1) is 24.8 Å². The SMILES string of the molecule is CCC(N)CCCCNc1nc(OCCCN2C3CCC2COC3)nc2c(F)c(-c3cccc4ccc(F)cc34)c(Cl)cc12. The Morgan fingerprint density at radius 3 is 2.68 bits per heavy atom. The molecule has 4 aromatic rings. The van der Waals surface area contributed by atoms with Crippen LogP contribution in [-0.2, 0) is 4.74 Å². The number of nitrogens with two attached hydrogens (primary N) is 1. The zero-order valence-electron chi connectivity index (χ0n) is 25.1. The third-order valence-electron chi connectivity index (χ3n) is 8.98. The van der Waals surface area contributed by atoms with Crippen molar-refractivity contribution in [3.05, 3.63) is 59.1 Å². The maximum absolute atomic E-state index is 16.5. The maximum atomic E-state index is 16.5. The normalized spacial score (nSPS) is 19.1. The molecule has 2 aliphatic rings. The van der Waals surface area contributed by atoms with Gasteiger partial charge in [0, 0.05) is 42.2 Å². The number of nitrogens with one attached hydrogen (secondary N) is 1. The first-order chi connectivity index (χ1) is 21.4. The molecule has 1 aromatic heterocycles. The standard InChI is InChI=1S/C34H40ClF2N5O2/c1-2-23(38)8-3-4-14-39-33-28-18-29(35)30(26-9-5-7-21-10-11-22(36)17-27(21)26)31(37)32(28)40-34(41-33)44-16-6-15-42-24-12-13-25(42)20-43-19-24/h5,7,9-11,17-18,23-25H,2-4,6,8,12-16,19-20,38H2,1H3,(H,39,40,41). The number of fused-ring (bicyclic) bond motifs is 4. The molecule has 3 N–H and O–H groups in total. The van der Waals surface area contributed by atoms with Crippen molar-refractivity contribution in [2.45, 2.75) is 70.0 Å². The molecule has 44 heavy (non-hydrogen) atoms. The fourth-order valence-electron chi connectivity index (χ4n) is 6.52. The number of aromatic nitrogens is 2. The van der Waals surface area contributed by atoms with E-state index < -0.39 is 11.6 Å². The molecule has 2 saturated heterocycles. The van der Waals surface area contributed by atoms with E-state index in [1.807, 2.05) is 12.1 Å². The summed E-state index contributed by atoms with van der Waals surface area (Å²) in [5, 5.41) is 5.37. The Kier molecular flexibility index (Phi) is 9.76. The zero-order chi connectivity index (χ0) is 30.6. The van der Waals surface area contributed by atoms with Crippen molar-refractivity contribution in [2.75, 3.05) is 38.2 Å². The van der Waals surface area contributed by atoms with Crippen molar-refractivity contribution >= 4 is 39.1 Å². The molecule has 0 amide bonds. The summed E-state index contributed by atoms with van der Waals surface area (Å²) in [6, 6.07) is 12.8. The Bertz CT molecular complexity index is 1610. The van der Waals surface area contributed by atoms with E-state index >= 15 is 4.39 Å². The molecule has 3 aromatic carbocycles. The lowest BCUT2D eigenvalue weighted by molar-refractivity contribution is -0.0161. The number of anilines is 1. The van der Waals surface area contributed by atoms with Gasteiger partial charge in [0.25, 0.3) is 0 Å². The van der Waals surface area contributed by atoms with Crippen LogP contribution in [0.1, 0.15) is 51.9 Å². The molecule has 6 rings (SSSR count). The van der Waals surface area contributed by atoms with Crippen molar-refractivity contribution in [1.82, 2.24) is 14.9 Å². The van der Waals surface area contributed by atoms with Crippen LogP contribution in [0.15, 0.2) is 42.5 Å². The molecule has 2 aliphatic heterocycles. The van der Waals surface area contributed by atoms with Crippen molar-refractivity contribution in [1.29, 1.82) is 0 Å². The molecule has 3 heterocycles. The topological polar surface area (TPSA) is 85.5 Å². The third kappa shape index (κ3) is 6.61. The Hall–Kier alpha value is -3.11. The van der Waals surface area contributed by atoms with Gasteiger partial charge >= 0.3 is 6.01 Å². The van der Waals surface area contributed by atoms with E-state index in [0.717, 1.165) is 57.2 Å². The molecule has 0 spiro atoms. The minimum absolute atomic E-state index is 0.101. The van der Waals surface area contributed by atoms with E-state index in [-0.39, 0.29) is 28.2 Å². The van der Waals surface area contributed by atoms with Gasteiger partial charge < -0.3 is 20.5 Å². The van der Waals surface area contributed by atoms with Crippen LogP contribution < -0.4 is 15.8 Å². The van der Waals surface area contributed by atoms with Gasteiger partial charge in [-0.05, 0) is 73.1 Å². The second kappa shape index (κ2) is 13.9. The van der Waals surface area contributed by atoms with E-state index in [0.29, 0.717) is 47.4 Å². The number of hydrogen-bond donors (Lipinski definition) is 2. The van der Waals surface area contributed by atoms with Gasteiger partial charge in [-0.15, -0.1) is 0 Å². The largest absolute Gasteiger partial charge is 0.463 e. The average Bonchev–Trinajstić information content (AvgIpc) is 3.23. The molecular weight excluding hydrogens is 584 g/mol. The lowest BCUT2D eigenvalue weighted by Crippen LogP contribution is -2.46. The number of halogens is 3. The van der Waals surface area contributed by atoms with Crippen LogP contribution in [-0.4, -0.2) is 65.9 Å². The maximum Gasteiger partial charge on any atom is 0.319 e. The number of ether oxygens (including phenoxy) is 2. The Labute approximate surface area is 262 Å². The van der Waals surface area contributed by atoms with Crippen LogP contribution >= 0.6 is 11.6 Å². The van der Waals surface area contributed by atoms with Crippen LogP contribution in [0.25, 0.3) is 32.8 Å². The van der Waals surface area contributed by atoms with Gasteiger partial charge in [0.1, 0.15) is 17.2 Å². The zero-order valence-corrected chi connectivity index (χ0v) is 25.9. The molecular formula is C34H40ClF2N5O2. The first-order valence-corrected chi connectivity index (χ1v) is 16.1. The van der Waals surface area contributed by atoms with Crippen LogP contribution in [0, 0.1) is 11.6 Å². The van der Waals surface area contributed by atoms with Crippen molar-refractivity contribution < 1.29 is 18.3 Å². The fraction of sp³-hybridized carbons (Fsp3) is 0.471. The van der Waals surface area contributed by atoms with Crippen LogP contribution in [0.2, 0.25) is 5.02 Å². The molecule has 2 bridgehead atoms. The average molecular weight is 624 g/mol. The molecule has 3 unspecified atom stereocenters. The van der Waals surface area contributed by atoms with Gasteiger partial charge in [-0.2, -0.15) is 9.97 Å². The van der Waals surface area contributed by atoms with E-state index in [1.54, 1.807) is 18.2 Å². The minimum atomic E-state index is -0.599. The lowest BCUT2D eigenvalue weighted by Gasteiger charge is -2.34. The van der Waals surface area contributed by atoms with Crippen molar-refractivity contribution in [3.8, 4) is 17.1 Å². The number of benzene rings is 3. The number of hydrogen-bond acceptors (Lipinski definition) is 7. The molecule has 7 nitrogen and oxygen atoms in total. The highest BCUT2D eigenvalue weighted by Gasteiger charge is 2.36. The van der Waals surface area contributed by atoms with E-state index in [2.05, 4.69) is 27.1 Å². The van der Waals surface area contributed by atoms with Crippen molar-refractivity contribution in [3.63, 3.8) is 0 Å². The number of nitrogens with zero attached hydrogens (tertiary/aromatic N) is 3. The highest BCUT2D eigenvalue weighted by molar-refractivity contribution is 6.35. The summed E-state index contributed by atoms with van der Waals surface area (Å²) in [4.78, 5) is 11.7. The highest BCUT2D eigenvalue weighted by Crippen LogP contribution is 2.40. The summed E-state index contributed by atoms with van der Waals surface area (Å²) in [7, 11) is 0. The number of morpholine rings is 1. The third-order valence-corrected chi connectivity index (χ3v) is 9.28. The second-order valence-corrected chi connectivity index (χ2v) is 12.3. The molecule has 2 fully saturated rings. The summed E-state index contributed by atoms with van der Waals surface area (Å²) in [6.45, 7) is 5.61. The van der Waals surface area contributed by atoms with Gasteiger partial charge in [-0.25, -0.2) is 8.78 Å². The van der Waals surface area contributed by atoms with Crippen LogP contribution in [0.3, 0.4) is 0 Å². The molecule has 3 atom stereocenters. The van der Waals surface area contributed by atoms with Crippen LogP contribution in [0.4, 0.5) is 14.6 Å². The summed E-state index contributed by atoms with van der Waals surface area (Å²) < 4.78 is 42.5. The van der Waals surface area contributed by atoms with E-state index in [4.69, 9.17) is 26.8 Å².